The number of amides is 2. The Labute approximate surface area is 154 Å². The van der Waals surface area contributed by atoms with Crippen molar-refractivity contribution in [1.82, 2.24) is 0 Å². The van der Waals surface area contributed by atoms with Gasteiger partial charge >= 0.3 is 0 Å². The summed E-state index contributed by atoms with van der Waals surface area (Å²) in [5.41, 5.74) is 3.43. The lowest BCUT2D eigenvalue weighted by Crippen LogP contribution is -2.30. The summed E-state index contributed by atoms with van der Waals surface area (Å²) < 4.78 is 5.72. The zero-order valence-corrected chi connectivity index (χ0v) is 15.9. The van der Waals surface area contributed by atoms with Crippen molar-refractivity contribution in [1.29, 1.82) is 0 Å². The van der Waals surface area contributed by atoms with Gasteiger partial charge in [0.2, 0.25) is 5.91 Å². The Morgan fingerprint density at radius 3 is 2.19 bits per heavy atom. The smallest absolute Gasteiger partial charge is 0.265 e. The van der Waals surface area contributed by atoms with Gasteiger partial charge in [-0.3, -0.25) is 9.59 Å². The summed E-state index contributed by atoms with van der Waals surface area (Å²) in [4.78, 5) is 23.6. The van der Waals surface area contributed by atoms with Gasteiger partial charge in [0.25, 0.3) is 5.91 Å². The highest BCUT2D eigenvalue weighted by Crippen LogP contribution is 2.22. The molecule has 0 spiro atoms. The predicted molar refractivity (Wildman–Crippen MR) is 105 cm³/mol. The Morgan fingerprint density at radius 2 is 1.62 bits per heavy atom. The quantitative estimate of drug-likeness (QED) is 0.803. The molecular formula is C21H26N2O3. The van der Waals surface area contributed by atoms with Gasteiger partial charge in [0.05, 0.1) is 0 Å². The van der Waals surface area contributed by atoms with Gasteiger partial charge in [-0.15, -0.1) is 0 Å². The number of rotatable bonds is 6. The number of anilines is 2. The largest absolute Gasteiger partial charge is 0.481 e. The molecule has 0 fully saturated rings. The van der Waals surface area contributed by atoms with Crippen LogP contribution in [0.15, 0.2) is 42.5 Å². The van der Waals surface area contributed by atoms with Crippen LogP contribution >= 0.6 is 0 Å². The maximum absolute atomic E-state index is 12.4. The molecule has 2 rings (SSSR count). The molecule has 2 amide bonds. The molecule has 5 heteroatoms. The van der Waals surface area contributed by atoms with Crippen LogP contribution in [0.25, 0.3) is 0 Å². The van der Waals surface area contributed by atoms with E-state index in [1.54, 1.807) is 19.1 Å². The lowest BCUT2D eigenvalue weighted by atomic mass is 10.0. The molecule has 0 heterocycles. The number of aryl methyl sites for hydroxylation is 1. The third kappa shape index (κ3) is 5.34. The first-order chi connectivity index (χ1) is 12.3. The number of hydrogen-bond donors (Lipinski definition) is 2. The van der Waals surface area contributed by atoms with Gasteiger partial charge in [-0.1, -0.05) is 32.0 Å². The Balaban J connectivity index is 2.01. The molecule has 2 aromatic carbocycles. The topological polar surface area (TPSA) is 67.4 Å². The summed E-state index contributed by atoms with van der Waals surface area (Å²) in [7, 11) is 0. The molecule has 26 heavy (non-hydrogen) atoms. The van der Waals surface area contributed by atoms with Crippen LogP contribution in [0.2, 0.25) is 0 Å². The fourth-order valence-corrected chi connectivity index (χ4v) is 2.46. The van der Waals surface area contributed by atoms with Gasteiger partial charge in [0, 0.05) is 18.3 Å². The van der Waals surface area contributed by atoms with E-state index in [4.69, 9.17) is 4.74 Å². The molecule has 5 nitrogen and oxygen atoms in total. The molecule has 0 aliphatic carbocycles. The molecule has 1 atom stereocenters. The van der Waals surface area contributed by atoms with Crippen LogP contribution in [-0.4, -0.2) is 17.9 Å². The van der Waals surface area contributed by atoms with E-state index < -0.39 is 6.10 Å². The summed E-state index contributed by atoms with van der Waals surface area (Å²) in [6.45, 7) is 9.30. The van der Waals surface area contributed by atoms with Crippen molar-refractivity contribution in [2.24, 2.45) is 0 Å². The second-order valence-corrected chi connectivity index (χ2v) is 6.68. The van der Waals surface area contributed by atoms with Crippen LogP contribution < -0.4 is 15.4 Å². The zero-order valence-electron chi connectivity index (χ0n) is 15.9. The normalized spacial score (nSPS) is 11.8. The number of ether oxygens (including phenoxy) is 1. The summed E-state index contributed by atoms with van der Waals surface area (Å²) in [6.07, 6.45) is -0.648. The van der Waals surface area contributed by atoms with Gasteiger partial charge in [0.15, 0.2) is 6.10 Å². The highest BCUT2D eigenvalue weighted by Gasteiger charge is 2.15. The van der Waals surface area contributed by atoms with E-state index in [0.29, 0.717) is 23.0 Å². The minimum Gasteiger partial charge on any atom is -0.481 e. The van der Waals surface area contributed by atoms with Crippen LogP contribution in [0.5, 0.6) is 5.75 Å². The van der Waals surface area contributed by atoms with Crippen molar-refractivity contribution in [2.75, 3.05) is 10.6 Å². The average Bonchev–Trinajstić information content (AvgIpc) is 2.57. The Kier molecular flexibility index (Phi) is 6.39. The highest BCUT2D eigenvalue weighted by atomic mass is 16.5. The van der Waals surface area contributed by atoms with E-state index in [9.17, 15) is 9.59 Å². The van der Waals surface area contributed by atoms with Crippen molar-refractivity contribution in [3.05, 3.63) is 53.6 Å². The summed E-state index contributed by atoms with van der Waals surface area (Å²) >= 11 is 0. The van der Waals surface area contributed by atoms with Crippen LogP contribution in [0.1, 0.15) is 44.7 Å². The molecule has 0 saturated heterocycles. The number of carbonyl (C=O) groups excluding carboxylic acids is 2. The number of benzene rings is 2. The fraction of sp³-hybridized carbons (Fsp3) is 0.333. The summed E-state index contributed by atoms with van der Waals surface area (Å²) in [5.74, 6) is 0.692. The lowest BCUT2D eigenvalue weighted by Gasteiger charge is -2.16. The maximum Gasteiger partial charge on any atom is 0.265 e. The molecule has 0 aliphatic heterocycles. The minimum absolute atomic E-state index is 0.155. The lowest BCUT2D eigenvalue weighted by molar-refractivity contribution is -0.122. The SMILES string of the molecule is CC(=O)Nc1cc(NC(=O)C(C)Oc2ccc(C(C)C)cc2)ccc1C. The highest BCUT2D eigenvalue weighted by molar-refractivity contribution is 5.96. The Morgan fingerprint density at radius 1 is 0.962 bits per heavy atom. The van der Waals surface area contributed by atoms with Gasteiger partial charge < -0.3 is 15.4 Å². The first-order valence-corrected chi connectivity index (χ1v) is 8.72. The zero-order chi connectivity index (χ0) is 19.3. The minimum atomic E-state index is -0.648. The standard InChI is InChI=1S/C21H26N2O3/c1-13(2)17-7-10-19(11-8-17)26-15(4)21(25)23-18-9-6-14(3)20(12-18)22-16(5)24/h6-13,15H,1-5H3,(H,22,24)(H,23,25). The molecule has 2 N–H and O–H groups in total. The van der Waals surface area contributed by atoms with E-state index in [2.05, 4.69) is 24.5 Å². The Hall–Kier alpha value is -2.82. The number of nitrogens with one attached hydrogen (secondary N) is 2. The maximum atomic E-state index is 12.4. The van der Waals surface area contributed by atoms with E-state index in [-0.39, 0.29) is 11.8 Å². The second-order valence-electron chi connectivity index (χ2n) is 6.68. The van der Waals surface area contributed by atoms with Crippen LogP contribution in [0, 0.1) is 6.92 Å². The monoisotopic (exact) mass is 354 g/mol. The van der Waals surface area contributed by atoms with Crippen molar-refractivity contribution < 1.29 is 14.3 Å². The van der Waals surface area contributed by atoms with Crippen LogP contribution in [0.4, 0.5) is 11.4 Å². The van der Waals surface area contributed by atoms with Gasteiger partial charge in [0.1, 0.15) is 5.75 Å². The van der Waals surface area contributed by atoms with E-state index in [1.807, 2.05) is 37.3 Å². The molecule has 0 aliphatic rings. The number of hydrogen-bond acceptors (Lipinski definition) is 3. The van der Waals surface area contributed by atoms with E-state index in [0.717, 1.165) is 5.56 Å². The molecule has 2 aromatic rings. The molecule has 0 saturated carbocycles. The predicted octanol–water partition coefficient (Wildman–Crippen LogP) is 4.48. The molecule has 0 bridgehead atoms. The van der Waals surface area contributed by atoms with Crippen LogP contribution in [-0.2, 0) is 9.59 Å². The molecule has 0 radical (unpaired) electrons. The average molecular weight is 354 g/mol. The number of carbonyl (C=O) groups is 2. The molecule has 138 valence electrons. The third-order valence-electron chi connectivity index (χ3n) is 4.04. The summed E-state index contributed by atoms with van der Waals surface area (Å²) in [6, 6.07) is 13.1. The van der Waals surface area contributed by atoms with Crippen molar-refractivity contribution >= 4 is 23.2 Å². The second kappa shape index (κ2) is 8.52. The van der Waals surface area contributed by atoms with Crippen molar-refractivity contribution in [3.8, 4) is 5.75 Å². The first-order valence-electron chi connectivity index (χ1n) is 8.72. The van der Waals surface area contributed by atoms with Crippen molar-refractivity contribution in [2.45, 2.75) is 46.6 Å². The summed E-state index contributed by atoms with van der Waals surface area (Å²) in [5, 5.41) is 5.57. The van der Waals surface area contributed by atoms with E-state index >= 15 is 0 Å². The fourth-order valence-electron chi connectivity index (χ4n) is 2.46. The molecular weight excluding hydrogens is 328 g/mol. The van der Waals surface area contributed by atoms with Crippen molar-refractivity contribution in [3.63, 3.8) is 0 Å². The van der Waals surface area contributed by atoms with E-state index in [1.165, 1.54) is 12.5 Å². The molecule has 0 aromatic heterocycles. The third-order valence-corrected chi connectivity index (χ3v) is 4.04. The van der Waals surface area contributed by atoms with Gasteiger partial charge in [-0.05, 0) is 55.2 Å². The Bertz CT molecular complexity index is 782. The van der Waals surface area contributed by atoms with Gasteiger partial charge in [-0.25, -0.2) is 0 Å². The first kappa shape index (κ1) is 19.5. The molecule has 1 unspecified atom stereocenters. The van der Waals surface area contributed by atoms with Crippen LogP contribution in [0.3, 0.4) is 0 Å². The van der Waals surface area contributed by atoms with Gasteiger partial charge in [-0.2, -0.15) is 0 Å².